The van der Waals surface area contributed by atoms with Crippen LogP contribution in [0.5, 0.6) is 0 Å². The van der Waals surface area contributed by atoms with Crippen molar-refractivity contribution in [2.24, 2.45) is 0 Å². The van der Waals surface area contributed by atoms with E-state index >= 15 is 0 Å². The summed E-state index contributed by atoms with van der Waals surface area (Å²) < 4.78 is 1.94. The standard InChI is InChI=1S/C19H15N3OS2/c1-13-20-16(12-25-13)14-5-4-6-15(11-14)21-19(23)18-17(7-10-24-18)22-8-2-3-9-22/h2-12H,1H3,(H,21,23). The summed E-state index contributed by atoms with van der Waals surface area (Å²) in [5.41, 5.74) is 3.58. The third-order valence-corrected chi connectivity index (χ3v) is 5.44. The Morgan fingerprint density at radius 1 is 1.12 bits per heavy atom. The summed E-state index contributed by atoms with van der Waals surface area (Å²) in [5, 5.41) is 7.98. The van der Waals surface area contributed by atoms with Crippen LogP contribution in [0.15, 0.2) is 65.6 Å². The zero-order valence-corrected chi connectivity index (χ0v) is 15.1. The number of aryl methyl sites for hydroxylation is 1. The highest BCUT2D eigenvalue weighted by atomic mass is 32.1. The molecule has 0 unspecified atom stereocenters. The molecule has 0 aliphatic heterocycles. The number of rotatable bonds is 4. The van der Waals surface area contributed by atoms with Gasteiger partial charge >= 0.3 is 0 Å². The quantitative estimate of drug-likeness (QED) is 0.539. The summed E-state index contributed by atoms with van der Waals surface area (Å²) in [5.74, 6) is -0.106. The lowest BCUT2D eigenvalue weighted by molar-refractivity contribution is 0.103. The molecule has 1 aromatic carbocycles. The van der Waals surface area contributed by atoms with Gasteiger partial charge in [0.15, 0.2) is 0 Å². The minimum atomic E-state index is -0.106. The van der Waals surface area contributed by atoms with E-state index in [1.807, 2.05) is 77.1 Å². The molecule has 0 radical (unpaired) electrons. The molecular formula is C19H15N3OS2. The van der Waals surface area contributed by atoms with Crippen molar-refractivity contribution in [1.82, 2.24) is 9.55 Å². The monoisotopic (exact) mass is 365 g/mol. The van der Waals surface area contributed by atoms with E-state index in [1.165, 1.54) is 11.3 Å². The molecule has 0 atom stereocenters. The van der Waals surface area contributed by atoms with Crippen LogP contribution in [0.2, 0.25) is 0 Å². The topological polar surface area (TPSA) is 46.9 Å². The molecule has 0 saturated heterocycles. The number of nitrogens with one attached hydrogen (secondary N) is 1. The maximum Gasteiger partial charge on any atom is 0.267 e. The first-order valence-electron chi connectivity index (χ1n) is 7.75. The highest BCUT2D eigenvalue weighted by molar-refractivity contribution is 7.12. The first kappa shape index (κ1) is 15.8. The van der Waals surface area contributed by atoms with Crippen molar-refractivity contribution in [3.8, 4) is 16.9 Å². The lowest BCUT2D eigenvalue weighted by Crippen LogP contribution is -2.12. The van der Waals surface area contributed by atoms with Gasteiger partial charge in [-0.1, -0.05) is 12.1 Å². The van der Waals surface area contributed by atoms with E-state index in [-0.39, 0.29) is 5.91 Å². The molecule has 1 N–H and O–H groups in total. The number of hydrogen-bond donors (Lipinski definition) is 1. The normalized spacial score (nSPS) is 10.8. The summed E-state index contributed by atoms with van der Waals surface area (Å²) in [4.78, 5) is 17.9. The number of thiazole rings is 1. The Morgan fingerprint density at radius 2 is 1.96 bits per heavy atom. The zero-order chi connectivity index (χ0) is 17.2. The van der Waals surface area contributed by atoms with Gasteiger partial charge in [0.25, 0.3) is 5.91 Å². The average Bonchev–Trinajstić information content (AvgIpc) is 3.36. The minimum Gasteiger partial charge on any atom is -0.322 e. The second-order valence-corrected chi connectivity index (χ2v) is 7.49. The summed E-state index contributed by atoms with van der Waals surface area (Å²) in [7, 11) is 0. The number of thiophene rings is 1. The van der Waals surface area contributed by atoms with Gasteiger partial charge in [-0.25, -0.2) is 4.98 Å². The number of amides is 1. The second kappa shape index (κ2) is 6.66. The predicted octanol–water partition coefficient (Wildman–Crippen LogP) is 5.22. The molecule has 3 aromatic heterocycles. The number of anilines is 1. The first-order valence-corrected chi connectivity index (χ1v) is 9.51. The number of carbonyl (C=O) groups excluding carboxylic acids is 1. The zero-order valence-electron chi connectivity index (χ0n) is 13.5. The Bertz CT molecular complexity index is 1010. The lowest BCUT2D eigenvalue weighted by atomic mass is 10.1. The van der Waals surface area contributed by atoms with E-state index in [1.54, 1.807) is 11.3 Å². The van der Waals surface area contributed by atoms with Gasteiger partial charge in [0.2, 0.25) is 0 Å². The van der Waals surface area contributed by atoms with Crippen LogP contribution >= 0.6 is 22.7 Å². The number of benzene rings is 1. The molecule has 0 spiro atoms. The molecule has 0 bridgehead atoms. The van der Waals surface area contributed by atoms with Crippen molar-refractivity contribution in [1.29, 1.82) is 0 Å². The van der Waals surface area contributed by atoms with Gasteiger partial charge in [-0.05, 0) is 42.6 Å². The van der Waals surface area contributed by atoms with Crippen LogP contribution < -0.4 is 5.32 Å². The van der Waals surface area contributed by atoms with Gasteiger partial charge in [0.1, 0.15) is 4.88 Å². The van der Waals surface area contributed by atoms with Gasteiger partial charge < -0.3 is 9.88 Å². The van der Waals surface area contributed by atoms with E-state index in [4.69, 9.17) is 0 Å². The third-order valence-electron chi connectivity index (χ3n) is 3.77. The van der Waals surface area contributed by atoms with Crippen LogP contribution in [-0.4, -0.2) is 15.5 Å². The van der Waals surface area contributed by atoms with Gasteiger partial charge in [-0.3, -0.25) is 4.79 Å². The van der Waals surface area contributed by atoms with Crippen molar-refractivity contribution in [3.05, 3.63) is 75.5 Å². The van der Waals surface area contributed by atoms with E-state index in [9.17, 15) is 4.79 Å². The highest BCUT2D eigenvalue weighted by Gasteiger charge is 2.15. The first-order chi connectivity index (χ1) is 12.2. The molecule has 3 heterocycles. The molecule has 124 valence electrons. The molecule has 4 nitrogen and oxygen atoms in total. The largest absolute Gasteiger partial charge is 0.322 e. The Morgan fingerprint density at radius 3 is 2.72 bits per heavy atom. The van der Waals surface area contributed by atoms with Gasteiger partial charge in [-0.2, -0.15) is 0 Å². The van der Waals surface area contributed by atoms with Crippen molar-refractivity contribution in [3.63, 3.8) is 0 Å². The van der Waals surface area contributed by atoms with Crippen LogP contribution in [0.25, 0.3) is 16.9 Å². The molecule has 0 fully saturated rings. The number of hydrogen-bond acceptors (Lipinski definition) is 4. The fraction of sp³-hybridized carbons (Fsp3) is 0.0526. The Kier molecular flexibility index (Phi) is 4.21. The Labute approximate surface area is 153 Å². The molecule has 0 saturated carbocycles. The summed E-state index contributed by atoms with van der Waals surface area (Å²) in [6.07, 6.45) is 3.87. The molecule has 1 amide bonds. The van der Waals surface area contributed by atoms with Gasteiger partial charge in [0, 0.05) is 29.0 Å². The Hall–Kier alpha value is -2.70. The summed E-state index contributed by atoms with van der Waals surface area (Å²) in [6, 6.07) is 13.6. The van der Waals surface area contributed by atoms with Crippen LogP contribution in [0, 0.1) is 6.92 Å². The van der Waals surface area contributed by atoms with Crippen molar-refractivity contribution in [2.45, 2.75) is 6.92 Å². The van der Waals surface area contributed by atoms with Crippen LogP contribution in [0.4, 0.5) is 5.69 Å². The van der Waals surface area contributed by atoms with Crippen LogP contribution in [0.3, 0.4) is 0 Å². The fourth-order valence-corrected chi connectivity index (χ4v) is 4.02. The van der Waals surface area contributed by atoms with Crippen molar-refractivity contribution >= 4 is 34.3 Å². The summed E-state index contributed by atoms with van der Waals surface area (Å²) >= 11 is 3.05. The van der Waals surface area contributed by atoms with E-state index in [0.717, 1.165) is 27.6 Å². The fourth-order valence-electron chi connectivity index (χ4n) is 2.61. The lowest BCUT2D eigenvalue weighted by Gasteiger charge is -2.08. The molecule has 0 aliphatic rings. The number of carbonyl (C=O) groups is 1. The molecule has 4 aromatic rings. The predicted molar refractivity (Wildman–Crippen MR) is 104 cm³/mol. The number of aromatic nitrogens is 2. The molecule has 0 aliphatic carbocycles. The second-order valence-electron chi connectivity index (χ2n) is 5.51. The Balaban J connectivity index is 1.59. The molecular weight excluding hydrogens is 350 g/mol. The molecule has 4 rings (SSSR count). The highest BCUT2D eigenvalue weighted by Crippen LogP contribution is 2.26. The average molecular weight is 365 g/mol. The van der Waals surface area contributed by atoms with Gasteiger partial charge in [0.05, 0.1) is 16.4 Å². The van der Waals surface area contributed by atoms with Crippen LogP contribution in [-0.2, 0) is 0 Å². The minimum absolute atomic E-state index is 0.106. The molecule has 25 heavy (non-hydrogen) atoms. The van der Waals surface area contributed by atoms with E-state index in [2.05, 4.69) is 10.3 Å². The van der Waals surface area contributed by atoms with E-state index < -0.39 is 0 Å². The van der Waals surface area contributed by atoms with Crippen LogP contribution in [0.1, 0.15) is 14.7 Å². The maximum atomic E-state index is 12.7. The van der Waals surface area contributed by atoms with Gasteiger partial charge in [-0.15, -0.1) is 22.7 Å². The third kappa shape index (κ3) is 3.26. The van der Waals surface area contributed by atoms with Crippen molar-refractivity contribution < 1.29 is 4.79 Å². The molecule has 6 heteroatoms. The maximum absolute atomic E-state index is 12.7. The number of nitrogens with zero attached hydrogens (tertiary/aromatic N) is 2. The summed E-state index contributed by atoms with van der Waals surface area (Å²) in [6.45, 7) is 1.99. The van der Waals surface area contributed by atoms with Crippen molar-refractivity contribution in [2.75, 3.05) is 5.32 Å². The smallest absolute Gasteiger partial charge is 0.267 e. The SMILES string of the molecule is Cc1nc(-c2cccc(NC(=O)c3sccc3-n3cccc3)c2)cs1. The van der Waals surface area contributed by atoms with E-state index in [0.29, 0.717) is 4.88 Å².